The van der Waals surface area contributed by atoms with Crippen LogP contribution in [0, 0.1) is 12.8 Å². The van der Waals surface area contributed by atoms with Crippen LogP contribution in [0.3, 0.4) is 0 Å². The van der Waals surface area contributed by atoms with Crippen LogP contribution in [-0.2, 0) is 11.2 Å². The Hall–Kier alpha value is -2.62. The standard InChI is InChI=1S/C20H20N2O2/c1-3-13-10-12(2)19(23)21-18(13)14-4-7-16(8-5-14)22-17-9-6-15(11-17)20(22)24/h4-10,15,17H,3,11H2,1-2H3,(H,21,23). The van der Waals surface area contributed by atoms with Crippen LogP contribution < -0.4 is 10.5 Å². The van der Waals surface area contributed by atoms with Gasteiger partial charge in [0.05, 0.1) is 17.7 Å². The number of hydrogen-bond acceptors (Lipinski definition) is 2. The van der Waals surface area contributed by atoms with Gasteiger partial charge in [-0.25, -0.2) is 0 Å². The fourth-order valence-electron chi connectivity index (χ4n) is 3.73. The van der Waals surface area contributed by atoms with Gasteiger partial charge in [-0.15, -0.1) is 0 Å². The number of nitrogens with zero attached hydrogens (tertiary/aromatic N) is 1. The topological polar surface area (TPSA) is 53.2 Å². The zero-order chi connectivity index (χ0) is 16.8. The lowest BCUT2D eigenvalue weighted by atomic mass is 10.0. The summed E-state index contributed by atoms with van der Waals surface area (Å²) in [6.07, 6.45) is 5.88. The van der Waals surface area contributed by atoms with Crippen LogP contribution in [0.25, 0.3) is 11.3 Å². The smallest absolute Gasteiger partial charge is 0.251 e. The molecule has 4 heteroatoms. The minimum Gasteiger partial charge on any atom is -0.321 e. The molecule has 2 unspecified atom stereocenters. The third-order valence-corrected chi connectivity index (χ3v) is 5.07. The van der Waals surface area contributed by atoms with Crippen LogP contribution in [0.5, 0.6) is 0 Å². The van der Waals surface area contributed by atoms with Crippen molar-refractivity contribution in [2.75, 3.05) is 4.90 Å². The van der Waals surface area contributed by atoms with E-state index in [-0.39, 0.29) is 23.4 Å². The molecule has 0 radical (unpaired) electrons. The number of hydrogen-bond donors (Lipinski definition) is 1. The molecule has 2 heterocycles. The average Bonchev–Trinajstić information content (AvgIpc) is 3.18. The van der Waals surface area contributed by atoms with E-state index in [0.29, 0.717) is 0 Å². The molecule has 1 saturated heterocycles. The minimum atomic E-state index is -0.0524. The van der Waals surface area contributed by atoms with Crippen molar-refractivity contribution >= 4 is 11.6 Å². The van der Waals surface area contributed by atoms with Crippen molar-refractivity contribution in [3.05, 3.63) is 64.0 Å². The zero-order valence-electron chi connectivity index (χ0n) is 13.9. The quantitative estimate of drug-likeness (QED) is 0.883. The highest BCUT2D eigenvalue weighted by atomic mass is 16.2. The molecule has 2 bridgehead atoms. The van der Waals surface area contributed by atoms with Gasteiger partial charge in [0, 0.05) is 11.3 Å². The summed E-state index contributed by atoms with van der Waals surface area (Å²) >= 11 is 0. The summed E-state index contributed by atoms with van der Waals surface area (Å²) in [7, 11) is 0. The van der Waals surface area contributed by atoms with Crippen molar-refractivity contribution in [1.82, 2.24) is 4.98 Å². The normalized spacial score (nSPS) is 21.8. The Morgan fingerprint density at radius 1 is 1.17 bits per heavy atom. The maximum Gasteiger partial charge on any atom is 0.251 e. The molecular formula is C20H20N2O2. The number of H-pyrrole nitrogens is 1. The van der Waals surface area contributed by atoms with Crippen LogP contribution >= 0.6 is 0 Å². The van der Waals surface area contributed by atoms with E-state index >= 15 is 0 Å². The van der Waals surface area contributed by atoms with E-state index in [1.807, 2.05) is 48.2 Å². The van der Waals surface area contributed by atoms with Crippen molar-refractivity contribution in [2.45, 2.75) is 32.7 Å². The van der Waals surface area contributed by atoms with Gasteiger partial charge in [-0.05, 0) is 49.1 Å². The van der Waals surface area contributed by atoms with E-state index in [9.17, 15) is 9.59 Å². The number of pyridine rings is 1. The van der Waals surface area contributed by atoms with E-state index in [0.717, 1.165) is 40.9 Å². The van der Waals surface area contributed by atoms with Crippen LogP contribution in [0.4, 0.5) is 5.69 Å². The van der Waals surface area contributed by atoms with Gasteiger partial charge in [-0.1, -0.05) is 31.2 Å². The first-order valence-electron chi connectivity index (χ1n) is 8.43. The third kappa shape index (κ3) is 2.21. The summed E-state index contributed by atoms with van der Waals surface area (Å²) in [5.74, 6) is 0.239. The first kappa shape index (κ1) is 14.9. The summed E-state index contributed by atoms with van der Waals surface area (Å²) in [6, 6.07) is 10.1. The molecule has 1 aromatic carbocycles. The van der Waals surface area contributed by atoms with Gasteiger partial charge in [-0.3, -0.25) is 9.59 Å². The molecule has 2 aliphatic rings. The highest BCUT2D eigenvalue weighted by Gasteiger charge is 2.41. The summed E-state index contributed by atoms with van der Waals surface area (Å²) in [4.78, 5) is 29.2. The van der Waals surface area contributed by atoms with Crippen molar-refractivity contribution in [1.29, 1.82) is 0 Å². The number of nitrogens with one attached hydrogen (secondary N) is 1. The molecule has 0 saturated carbocycles. The highest BCUT2D eigenvalue weighted by Crippen LogP contribution is 2.37. The molecule has 122 valence electrons. The number of aryl methyl sites for hydroxylation is 2. The fourth-order valence-corrected chi connectivity index (χ4v) is 3.73. The minimum absolute atomic E-state index is 0.0508. The molecule has 1 amide bonds. The van der Waals surface area contributed by atoms with Gasteiger partial charge in [0.2, 0.25) is 5.91 Å². The van der Waals surface area contributed by atoms with Crippen LogP contribution in [0.1, 0.15) is 24.5 Å². The van der Waals surface area contributed by atoms with Gasteiger partial charge in [-0.2, -0.15) is 0 Å². The van der Waals surface area contributed by atoms with Crippen molar-refractivity contribution in [3.63, 3.8) is 0 Å². The lowest BCUT2D eigenvalue weighted by Crippen LogP contribution is -2.34. The summed E-state index contributed by atoms with van der Waals surface area (Å²) in [6.45, 7) is 3.91. The largest absolute Gasteiger partial charge is 0.321 e. The van der Waals surface area contributed by atoms with Crippen molar-refractivity contribution in [3.8, 4) is 11.3 Å². The molecule has 4 nitrogen and oxygen atoms in total. The Bertz CT molecular complexity index is 893. The summed E-state index contributed by atoms with van der Waals surface area (Å²) in [5.41, 5.74) is 4.57. The van der Waals surface area contributed by atoms with E-state index in [2.05, 4.69) is 18.0 Å². The number of rotatable bonds is 3. The predicted octanol–water partition coefficient (Wildman–Crippen LogP) is 3.20. The monoisotopic (exact) mass is 320 g/mol. The first-order valence-corrected chi connectivity index (χ1v) is 8.43. The molecule has 1 N–H and O–H groups in total. The summed E-state index contributed by atoms with van der Waals surface area (Å²) < 4.78 is 0. The number of fused-ring (bicyclic) bond motifs is 2. The second kappa shape index (κ2) is 5.48. The number of anilines is 1. The van der Waals surface area contributed by atoms with Gasteiger partial charge < -0.3 is 9.88 Å². The number of aromatic amines is 1. The third-order valence-electron chi connectivity index (χ3n) is 5.07. The summed E-state index contributed by atoms with van der Waals surface area (Å²) in [5, 5.41) is 0. The molecule has 1 aromatic heterocycles. The predicted molar refractivity (Wildman–Crippen MR) is 95.1 cm³/mol. The Morgan fingerprint density at radius 3 is 2.54 bits per heavy atom. The van der Waals surface area contributed by atoms with E-state index in [1.165, 1.54) is 0 Å². The molecule has 2 aromatic rings. The molecular weight excluding hydrogens is 300 g/mol. The van der Waals surface area contributed by atoms with Gasteiger partial charge in [0.25, 0.3) is 5.56 Å². The number of aromatic nitrogens is 1. The molecule has 1 aliphatic carbocycles. The van der Waals surface area contributed by atoms with Crippen molar-refractivity contribution in [2.24, 2.45) is 5.92 Å². The fraction of sp³-hybridized carbons (Fsp3) is 0.300. The second-order valence-electron chi connectivity index (χ2n) is 6.58. The Kier molecular flexibility index (Phi) is 3.41. The number of carbonyl (C=O) groups excluding carboxylic acids is 1. The van der Waals surface area contributed by atoms with Crippen LogP contribution in [0.15, 0.2) is 47.3 Å². The molecule has 1 aliphatic heterocycles. The molecule has 24 heavy (non-hydrogen) atoms. The number of carbonyl (C=O) groups is 1. The molecule has 4 rings (SSSR count). The van der Waals surface area contributed by atoms with E-state index < -0.39 is 0 Å². The first-order chi connectivity index (χ1) is 11.6. The lowest BCUT2D eigenvalue weighted by molar-refractivity contribution is -0.119. The Balaban J connectivity index is 1.70. The lowest BCUT2D eigenvalue weighted by Gasteiger charge is -2.24. The maximum absolute atomic E-state index is 12.3. The zero-order valence-corrected chi connectivity index (χ0v) is 13.9. The average molecular weight is 320 g/mol. The second-order valence-corrected chi connectivity index (χ2v) is 6.58. The van der Waals surface area contributed by atoms with Gasteiger partial charge in [0.1, 0.15) is 0 Å². The van der Waals surface area contributed by atoms with Gasteiger partial charge in [0.15, 0.2) is 0 Å². The van der Waals surface area contributed by atoms with Crippen molar-refractivity contribution < 1.29 is 4.79 Å². The molecule has 2 atom stereocenters. The van der Waals surface area contributed by atoms with E-state index in [1.54, 1.807) is 0 Å². The van der Waals surface area contributed by atoms with Gasteiger partial charge >= 0.3 is 0 Å². The van der Waals surface area contributed by atoms with Crippen LogP contribution in [0.2, 0.25) is 0 Å². The Labute approximate surface area is 140 Å². The van der Waals surface area contributed by atoms with E-state index in [4.69, 9.17) is 0 Å². The maximum atomic E-state index is 12.3. The highest BCUT2D eigenvalue weighted by molar-refractivity contribution is 6.01. The molecule has 0 spiro atoms. The number of amides is 1. The molecule has 1 fully saturated rings. The number of benzene rings is 1. The van der Waals surface area contributed by atoms with Crippen LogP contribution in [-0.4, -0.2) is 16.9 Å². The Morgan fingerprint density at radius 2 is 1.92 bits per heavy atom. The SMILES string of the molecule is CCc1cc(C)c(=O)[nH]c1-c1ccc(N2C(=O)C3C=CC2C3)cc1.